The zero-order chi connectivity index (χ0) is 20.9. The minimum Gasteiger partial charge on any atom is -0.462 e. The molecule has 4 rings (SSSR count). The number of carbonyl (C=O) groups is 1. The molecule has 152 valence electrons. The summed E-state index contributed by atoms with van der Waals surface area (Å²) in [5.74, 6) is -3.63. The molecule has 6 nitrogen and oxygen atoms in total. The molecule has 1 aromatic heterocycles. The molecule has 2 aliphatic rings. The molecule has 11 heteroatoms. The van der Waals surface area contributed by atoms with E-state index < -0.39 is 58.8 Å². The van der Waals surface area contributed by atoms with Gasteiger partial charge in [-0.2, -0.15) is 0 Å². The average molecular weight is 429 g/mol. The van der Waals surface area contributed by atoms with Crippen molar-refractivity contribution in [2.45, 2.75) is 24.5 Å². The Hall–Kier alpha value is -2.88. The fourth-order valence-electron chi connectivity index (χ4n) is 3.48. The van der Waals surface area contributed by atoms with Gasteiger partial charge in [0, 0.05) is 23.4 Å². The van der Waals surface area contributed by atoms with Crippen molar-refractivity contribution in [2.75, 3.05) is 5.32 Å². The van der Waals surface area contributed by atoms with E-state index in [1.54, 1.807) is 0 Å². The molecule has 0 saturated heterocycles. The molecule has 0 radical (unpaired) electrons. The van der Waals surface area contributed by atoms with Gasteiger partial charge in [-0.15, -0.1) is 0 Å². The fourth-order valence-corrected chi connectivity index (χ4v) is 3.63. The van der Waals surface area contributed by atoms with Crippen LogP contribution in [0.15, 0.2) is 35.5 Å². The predicted octanol–water partition coefficient (Wildman–Crippen LogP) is 3.46. The molecule has 3 N–H and O–H groups in total. The van der Waals surface area contributed by atoms with E-state index >= 15 is 0 Å². The van der Waals surface area contributed by atoms with Crippen LogP contribution in [0.1, 0.15) is 22.5 Å². The summed E-state index contributed by atoms with van der Waals surface area (Å²) in [7, 11) is 0. The smallest absolute Gasteiger partial charge is 0.283 e. The van der Waals surface area contributed by atoms with E-state index in [4.69, 9.17) is 22.1 Å². The molecule has 0 bridgehead atoms. The Kier molecular flexibility index (Phi) is 4.60. The Balaban J connectivity index is 1.71. The van der Waals surface area contributed by atoms with Crippen LogP contribution in [0.2, 0.25) is 5.02 Å². The van der Waals surface area contributed by atoms with Crippen molar-refractivity contribution in [3.05, 3.63) is 58.4 Å². The van der Waals surface area contributed by atoms with Gasteiger partial charge in [-0.05, 0) is 30.7 Å². The van der Waals surface area contributed by atoms with Crippen LogP contribution in [0, 0.1) is 17.6 Å². The number of benzene rings is 1. The second-order valence-corrected chi connectivity index (χ2v) is 7.14. The molecule has 2 heterocycles. The van der Waals surface area contributed by atoms with Crippen LogP contribution in [0.5, 0.6) is 0 Å². The molecule has 1 aromatic carbocycles. The van der Waals surface area contributed by atoms with Crippen molar-refractivity contribution in [2.24, 2.45) is 16.6 Å². The van der Waals surface area contributed by atoms with Crippen LogP contribution < -0.4 is 11.1 Å². The predicted molar refractivity (Wildman–Crippen MR) is 95.8 cm³/mol. The number of fused-ring (bicyclic) bond motifs is 1. The molecule has 1 amide bonds. The van der Waals surface area contributed by atoms with Gasteiger partial charge in [0.2, 0.25) is 0 Å². The number of aromatic nitrogens is 1. The third kappa shape index (κ3) is 3.27. The zero-order valence-electron chi connectivity index (χ0n) is 14.5. The number of amidine groups is 1. The number of nitrogens with zero attached hydrogens (tertiary/aromatic N) is 2. The molecule has 1 fully saturated rings. The average Bonchev–Trinajstić information content (AvgIpc) is 3.41. The third-order valence-electron chi connectivity index (χ3n) is 4.88. The van der Waals surface area contributed by atoms with Crippen LogP contribution >= 0.6 is 11.6 Å². The maximum absolute atomic E-state index is 14.6. The molecule has 1 saturated carbocycles. The van der Waals surface area contributed by atoms with Crippen LogP contribution in [-0.2, 0) is 10.3 Å². The first kappa shape index (κ1) is 19.4. The van der Waals surface area contributed by atoms with Crippen LogP contribution in [0.25, 0.3) is 0 Å². The van der Waals surface area contributed by atoms with Crippen molar-refractivity contribution < 1.29 is 27.1 Å². The first-order valence-corrected chi connectivity index (χ1v) is 8.82. The maximum atomic E-state index is 14.6. The number of halogens is 5. The lowest BCUT2D eigenvalue weighted by atomic mass is 9.84. The lowest BCUT2D eigenvalue weighted by Crippen LogP contribution is -2.43. The van der Waals surface area contributed by atoms with Gasteiger partial charge < -0.3 is 15.8 Å². The minimum absolute atomic E-state index is 0.00375. The number of nitrogens with one attached hydrogen (secondary N) is 1. The Bertz CT molecular complexity index is 1030. The number of anilines is 1. The van der Waals surface area contributed by atoms with Gasteiger partial charge in [0.25, 0.3) is 18.4 Å². The molecule has 3 atom stereocenters. The number of hydrogen-bond donors (Lipinski definition) is 2. The van der Waals surface area contributed by atoms with E-state index in [-0.39, 0.29) is 17.1 Å². The highest BCUT2D eigenvalue weighted by atomic mass is 35.5. The molecule has 1 unspecified atom stereocenters. The van der Waals surface area contributed by atoms with Crippen molar-refractivity contribution in [3.8, 4) is 0 Å². The SMILES string of the molecule is NC1=N[C@@](c2cc(NC(=O)c3ncc(Cl)cc3F)ccc2F)(C(F)F)C2C[C@H]2O1. The maximum Gasteiger partial charge on any atom is 0.283 e. The number of ether oxygens (including phenoxy) is 1. The molecule has 1 aliphatic heterocycles. The third-order valence-corrected chi connectivity index (χ3v) is 5.08. The highest BCUT2D eigenvalue weighted by Crippen LogP contribution is 2.56. The Morgan fingerprint density at radius 1 is 1.31 bits per heavy atom. The summed E-state index contributed by atoms with van der Waals surface area (Å²) >= 11 is 5.60. The van der Waals surface area contributed by atoms with Crippen LogP contribution in [-0.4, -0.2) is 29.4 Å². The van der Waals surface area contributed by atoms with Crippen molar-refractivity contribution >= 4 is 29.2 Å². The standard InChI is InChI=1S/C18H13ClF4N4O2/c19-7-3-12(21)14(25-6-7)15(28)26-8-1-2-11(20)9(4-8)18(16(22)23)10-5-13(10)29-17(24)27-18/h1-4,6,10,13,16H,5H2,(H2,24,27)(H,26,28)/t10?,13-,18-/m1/s1. The molecule has 1 aliphatic carbocycles. The Morgan fingerprint density at radius 3 is 2.76 bits per heavy atom. The van der Waals surface area contributed by atoms with Gasteiger partial charge in [0.05, 0.1) is 5.02 Å². The lowest BCUT2D eigenvalue weighted by Gasteiger charge is -2.33. The number of nitrogens with two attached hydrogens (primary N) is 1. The molecule has 29 heavy (non-hydrogen) atoms. The minimum atomic E-state index is -3.07. The Morgan fingerprint density at radius 2 is 2.07 bits per heavy atom. The summed E-state index contributed by atoms with van der Waals surface area (Å²) in [6, 6.07) is 3.55. The van der Waals surface area contributed by atoms with E-state index in [2.05, 4.69) is 15.3 Å². The fraction of sp³-hybridized carbons (Fsp3) is 0.278. The van der Waals surface area contributed by atoms with Gasteiger partial charge in [-0.3, -0.25) is 4.79 Å². The number of alkyl halides is 2. The number of amides is 1. The number of aliphatic imine (C=N–C) groups is 1. The van der Waals surface area contributed by atoms with Gasteiger partial charge in [-0.25, -0.2) is 27.5 Å². The van der Waals surface area contributed by atoms with Crippen LogP contribution in [0.3, 0.4) is 0 Å². The summed E-state index contributed by atoms with van der Waals surface area (Å²) in [5.41, 5.74) is 2.25. The molecule has 2 aromatic rings. The van der Waals surface area contributed by atoms with Gasteiger partial charge in [0.1, 0.15) is 11.9 Å². The Labute approximate surface area is 166 Å². The van der Waals surface area contributed by atoms with E-state index in [0.29, 0.717) is 0 Å². The van der Waals surface area contributed by atoms with E-state index in [0.717, 1.165) is 30.5 Å². The highest BCUT2D eigenvalue weighted by molar-refractivity contribution is 6.30. The van der Waals surface area contributed by atoms with Crippen molar-refractivity contribution in [1.29, 1.82) is 0 Å². The van der Waals surface area contributed by atoms with Crippen molar-refractivity contribution in [3.63, 3.8) is 0 Å². The van der Waals surface area contributed by atoms with Crippen LogP contribution in [0.4, 0.5) is 23.2 Å². The summed E-state index contributed by atoms with van der Waals surface area (Å²) in [6.07, 6.45) is -2.33. The topological polar surface area (TPSA) is 89.6 Å². The second kappa shape index (κ2) is 6.87. The van der Waals surface area contributed by atoms with Gasteiger partial charge in [0.15, 0.2) is 17.1 Å². The highest BCUT2D eigenvalue weighted by Gasteiger charge is 2.64. The quantitative estimate of drug-likeness (QED) is 0.730. The van der Waals surface area contributed by atoms with Gasteiger partial charge >= 0.3 is 0 Å². The number of hydrogen-bond acceptors (Lipinski definition) is 5. The normalized spacial score (nSPS) is 25.1. The zero-order valence-corrected chi connectivity index (χ0v) is 15.3. The lowest BCUT2D eigenvalue weighted by molar-refractivity contribution is 0.0177. The summed E-state index contributed by atoms with van der Waals surface area (Å²) in [4.78, 5) is 19.6. The second-order valence-electron chi connectivity index (χ2n) is 6.71. The van der Waals surface area contributed by atoms with E-state index in [9.17, 15) is 22.4 Å². The summed E-state index contributed by atoms with van der Waals surface area (Å²) in [5, 5.41) is 2.31. The monoisotopic (exact) mass is 428 g/mol. The largest absolute Gasteiger partial charge is 0.462 e. The number of pyridine rings is 1. The number of carbonyl (C=O) groups excluding carboxylic acids is 1. The molecular weight excluding hydrogens is 416 g/mol. The number of rotatable bonds is 4. The molecular formula is C18H13ClF4N4O2. The summed E-state index contributed by atoms with van der Waals surface area (Å²) < 4.78 is 61.8. The van der Waals surface area contributed by atoms with Gasteiger partial charge in [-0.1, -0.05) is 11.6 Å². The van der Waals surface area contributed by atoms with E-state index in [1.165, 1.54) is 0 Å². The first-order chi connectivity index (χ1) is 13.7. The summed E-state index contributed by atoms with van der Waals surface area (Å²) in [6.45, 7) is 0. The molecule has 0 spiro atoms. The van der Waals surface area contributed by atoms with Crippen molar-refractivity contribution in [1.82, 2.24) is 4.98 Å². The first-order valence-electron chi connectivity index (χ1n) is 8.45. The van der Waals surface area contributed by atoms with E-state index in [1.807, 2.05) is 0 Å².